The van der Waals surface area contributed by atoms with Crippen LogP contribution in [0.1, 0.15) is 49.0 Å². The summed E-state index contributed by atoms with van der Waals surface area (Å²) in [6.07, 6.45) is -4.33. The van der Waals surface area contributed by atoms with Gasteiger partial charge in [-0.1, -0.05) is 73.7 Å². The molecule has 1 saturated heterocycles. The molecule has 378 valence electrons. The summed E-state index contributed by atoms with van der Waals surface area (Å²) >= 11 is 5.80. The van der Waals surface area contributed by atoms with E-state index in [4.69, 9.17) is 53.8 Å². The number of halogens is 1. The van der Waals surface area contributed by atoms with Gasteiger partial charge in [0.05, 0.1) is 52.7 Å². The largest absolute Gasteiger partial charge is 0.497 e. The van der Waals surface area contributed by atoms with Gasteiger partial charge in [-0.15, -0.1) is 5.10 Å². The van der Waals surface area contributed by atoms with Crippen LogP contribution in [-0.4, -0.2) is 108 Å². The number of fused-ring (bicyclic) bond motifs is 2. The van der Waals surface area contributed by atoms with E-state index in [0.717, 1.165) is 21.4 Å². The number of benzene rings is 3. The van der Waals surface area contributed by atoms with E-state index in [9.17, 15) is 24.3 Å². The van der Waals surface area contributed by atoms with Crippen molar-refractivity contribution in [2.24, 2.45) is 5.92 Å². The highest BCUT2D eigenvalue weighted by molar-refractivity contribution is 8.07. The molecule has 0 spiro atoms. The Morgan fingerprint density at radius 1 is 1.00 bits per heavy atom. The number of nitriles is 1. The van der Waals surface area contributed by atoms with E-state index in [2.05, 4.69) is 35.6 Å². The first-order chi connectivity index (χ1) is 34.8. The Bertz CT molecular complexity index is 3130. The number of amides is 1. The molecular formula is C45H48FN11O12P2S. The SMILES string of the molecule is COc1ccc(C(OCc2nc3cncnc3n2CCOP(=S)(OCCC#N)OC[C@H]2O[C@@H](n3nnc4c(=O)[nH]c(NC(=O)C(C)C)nc43)[C@H](O[PH](=O)O)[C@@H]2F)(c2ccccc2)c2ccc(OC)cc2)cc1. The van der Waals surface area contributed by atoms with E-state index < -0.39 is 69.2 Å². The number of anilines is 1. The first-order valence-electron chi connectivity index (χ1n) is 22.2. The van der Waals surface area contributed by atoms with Gasteiger partial charge in [0.25, 0.3) is 5.56 Å². The number of aromatic amines is 1. The van der Waals surface area contributed by atoms with Gasteiger partial charge in [-0.2, -0.15) is 14.9 Å². The van der Waals surface area contributed by atoms with Gasteiger partial charge in [0.1, 0.15) is 53.6 Å². The van der Waals surface area contributed by atoms with Crippen molar-refractivity contribution in [3.63, 3.8) is 0 Å². The smallest absolute Gasteiger partial charge is 0.327 e. The zero-order chi connectivity index (χ0) is 51.0. The number of carbonyl (C=O) groups excluding carboxylic acids is 1. The van der Waals surface area contributed by atoms with E-state index in [1.807, 2.05) is 84.9 Å². The molecule has 3 N–H and O–H groups in total. The van der Waals surface area contributed by atoms with Gasteiger partial charge in [-0.3, -0.25) is 29.0 Å². The van der Waals surface area contributed by atoms with Crippen molar-refractivity contribution >= 4 is 61.0 Å². The van der Waals surface area contributed by atoms with Gasteiger partial charge in [-0.25, -0.2) is 19.3 Å². The molecule has 23 nitrogen and oxygen atoms in total. The number of H-pyrrole nitrogens is 1. The molecule has 8 rings (SSSR count). The van der Waals surface area contributed by atoms with Crippen molar-refractivity contribution in [1.29, 1.82) is 5.26 Å². The standard InChI is InChI=1S/C45H48FN11O12P2S/c1-27(2)41(58)52-44-51-40-37(42(59)53-44)54-55-57(40)43-38(69-70(60)61)36(46)34(68-43)24-67-71(72,65-21-8-19-47)66-22-20-56-35(50-33-23-48-26-49-39(33)56)25-64-45(28-9-6-5-7-10-28,29-11-15-31(62-3)16-12-29)30-13-17-32(63-4)18-14-30/h5-7,9-18,23,26-27,34,36,38,43,70H,8,20-22,24-25H2,1-4H3,(H,60,61)(H2,51,52,53,58,59)/t34-,36-,38-,43-,71?/m1/s1. The molecule has 4 aromatic heterocycles. The zero-order valence-electron chi connectivity index (χ0n) is 39.0. The average Bonchev–Trinajstić information content (AvgIpc) is 4.06. The highest BCUT2D eigenvalue weighted by Gasteiger charge is 2.50. The maximum absolute atomic E-state index is 16.4. The third-order valence-electron chi connectivity index (χ3n) is 11.3. The second-order valence-corrected chi connectivity index (χ2v) is 19.9. The number of aromatic nitrogens is 9. The fraction of sp³-hybridized carbons (Fsp3) is 0.356. The second kappa shape index (κ2) is 23.0. The summed E-state index contributed by atoms with van der Waals surface area (Å²) in [5, 5.41) is 19.6. The predicted molar refractivity (Wildman–Crippen MR) is 259 cm³/mol. The number of imidazole rings is 1. The van der Waals surface area contributed by atoms with Crippen LogP contribution in [0.4, 0.5) is 10.3 Å². The highest BCUT2D eigenvalue weighted by atomic mass is 32.5. The minimum Gasteiger partial charge on any atom is -0.497 e. The van der Waals surface area contributed by atoms with Gasteiger partial charge in [0, 0.05) is 12.5 Å². The summed E-state index contributed by atoms with van der Waals surface area (Å²) in [5.41, 5.74) is 0.731. The van der Waals surface area contributed by atoms with E-state index >= 15 is 4.39 Å². The maximum Gasteiger partial charge on any atom is 0.327 e. The van der Waals surface area contributed by atoms with Crippen molar-refractivity contribution in [3.8, 4) is 17.6 Å². The third kappa shape index (κ3) is 11.3. The van der Waals surface area contributed by atoms with Crippen molar-refractivity contribution in [3.05, 3.63) is 124 Å². The molecule has 5 heterocycles. The minimum absolute atomic E-state index is 0.0541. The van der Waals surface area contributed by atoms with Crippen molar-refractivity contribution in [2.45, 2.75) is 63.6 Å². The Labute approximate surface area is 415 Å². The number of ether oxygens (including phenoxy) is 4. The van der Waals surface area contributed by atoms with Crippen LogP contribution in [0.25, 0.3) is 22.3 Å². The molecule has 7 aromatic rings. The number of hydrogen-bond acceptors (Lipinski definition) is 19. The van der Waals surface area contributed by atoms with Crippen LogP contribution in [0.2, 0.25) is 0 Å². The lowest BCUT2D eigenvalue weighted by molar-refractivity contribution is -0.118. The molecule has 2 unspecified atom stereocenters. The van der Waals surface area contributed by atoms with Crippen LogP contribution in [0, 0.1) is 17.2 Å². The summed E-state index contributed by atoms with van der Waals surface area (Å²) in [4.78, 5) is 55.3. The molecule has 27 heteroatoms. The van der Waals surface area contributed by atoms with Crippen molar-refractivity contribution in [2.75, 3.05) is 39.4 Å². The van der Waals surface area contributed by atoms with Gasteiger partial charge < -0.3 is 42.0 Å². The molecule has 6 atom stereocenters. The maximum atomic E-state index is 16.4. The fourth-order valence-electron chi connectivity index (χ4n) is 7.84. The van der Waals surface area contributed by atoms with E-state index in [1.165, 1.54) is 6.33 Å². The van der Waals surface area contributed by atoms with Gasteiger partial charge in [-0.05, 0) is 52.8 Å². The number of nitrogens with one attached hydrogen (secondary N) is 2. The average molecular weight is 1050 g/mol. The molecule has 1 fully saturated rings. The number of alkyl halides is 1. The van der Waals surface area contributed by atoms with E-state index in [0.29, 0.717) is 28.5 Å². The lowest BCUT2D eigenvalue weighted by atomic mass is 9.80. The molecule has 0 aliphatic carbocycles. The Hall–Kier alpha value is -6.42. The van der Waals surface area contributed by atoms with E-state index in [1.54, 1.807) is 38.8 Å². The van der Waals surface area contributed by atoms with Crippen LogP contribution in [0.5, 0.6) is 11.5 Å². The molecule has 0 radical (unpaired) electrons. The first-order valence-corrected chi connectivity index (χ1v) is 26.0. The minimum atomic E-state index is -3.86. The molecule has 72 heavy (non-hydrogen) atoms. The highest BCUT2D eigenvalue weighted by Crippen LogP contribution is 2.51. The molecular weight excluding hydrogens is 1000 g/mol. The summed E-state index contributed by atoms with van der Waals surface area (Å²) < 4.78 is 78.4. The summed E-state index contributed by atoms with van der Waals surface area (Å²) in [7, 11) is -0.622. The van der Waals surface area contributed by atoms with Crippen LogP contribution in [0.3, 0.4) is 0 Å². The van der Waals surface area contributed by atoms with Crippen LogP contribution < -0.4 is 20.3 Å². The van der Waals surface area contributed by atoms with Gasteiger partial charge >= 0.3 is 15.0 Å². The summed E-state index contributed by atoms with van der Waals surface area (Å²) in [5.74, 6) is 0.532. The molecule has 3 aromatic carbocycles. The van der Waals surface area contributed by atoms with Crippen molar-refractivity contribution < 1.29 is 55.7 Å². The van der Waals surface area contributed by atoms with E-state index in [-0.39, 0.29) is 49.9 Å². The van der Waals surface area contributed by atoms with Gasteiger partial charge in [0.2, 0.25) is 11.9 Å². The monoisotopic (exact) mass is 1050 g/mol. The van der Waals surface area contributed by atoms with Gasteiger partial charge in [0.15, 0.2) is 29.2 Å². The van der Waals surface area contributed by atoms with Crippen molar-refractivity contribution in [1.82, 2.24) is 44.5 Å². The number of hydrogen-bond donors (Lipinski definition) is 3. The van der Waals surface area contributed by atoms with Crippen LogP contribution in [0.15, 0.2) is 96.2 Å². The molecule has 0 bridgehead atoms. The fourth-order valence-corrected chi connectivity index (χ4v) is 10.1. The van der Waals surface area contributed by atoms with Crippen LogP contribution >= 0.6 is 15.0 Å². The Morgan fingerprint density at radius 3 is 2.31 bits per heavy atom. The molecule has 1 amide bonds. The Balaban J connectivity index is 1.05. The summed E-state index contributed by atoms with van der Waals surface area (Å²) in [6.45, 7) is -1.67. The summed E-state index contributed by atoms with van der Waals surface area (Å²) in [6, 6.07) is 26.8. The lowest BCUT2D eigenvalue weighted by Gasteiger charge is -2.36. The third-order valence-corrected chi connectivity index (χ3v) is 14.2. The normalized spacial score (nSPS) is 18.2. The number of carbonyl (C=O) groups is 1. The molecule has 1 aliphatic rings. The lowest BCUT2D eigenvalue weighted by Crippen LogP contribution is -2.33. The van der Waals surface area contributed by atoms with Crippen LogP contribution in [-0.2, 0) is 67.5 Å². The molecule has 0 saturated carbocycles. The Kier molecular flexibility index (Phi) is 16.6. The first kappa shape index (κ1) is 51.9. The number of rotatable bonds is 23. The predicted octanol–water partition coefficient (Wildman–Crippen LogP) is 5.67. The molecule has 1 aliphatic heterocycles. The topological polar surface area (TPSA) is 284 Å². The number of nitrogens with zero attached hydrogens (tertiary/aromatic N) is 9. The zero-order valence-corrected chi connectivity index (χ0v) is 41.7. The number of methoxy groups -OCH3 is 2. The second-order valence-electron chi connectivity index (χ2n) is 16.1. The Morgan fingerprint density at radius 2 is 1.67 bits per heavy atom. The quantitative estimate of drug-likeness (QED) is 0.0395.